The number of β-amino-alcohol motifs (C(OH)–C–C–N with tert-alkyl or cyclic N) is 1. The van der Waals surface area contributed by atoms with Crippen LogP contribution in [0.25, 0.3) is 0 Å². The van der Waals surface area contributed by atoms with Crippen LogP contribution in [0.15, 0.2) is 12.1 Å². The topological polar surface area (TPSA) is 35.9 Å². The molecular weight excluding hydrogens is 252 g/mol. The normalized spacial score (nSPS) is 19.1. The zero-order chi connectivity index (χ0) is 14.7. The summed E-state index contributed by atoms with van der Waals surface area (Å²) in [5, 5.41) is 10.5. The fourth-order valence-corrected chi connectivity index (χ4v) is 2.62. The summed E-state index contributed by atoms with van der Waals surface area (Å²) in [5.41, 5.74) is 3.28. The molecule has 0 radical (unpaired) electrons. The number of hydrogen-bond donors (Lipinski definition) is 1. The summed E-state index contributed by atoms with van der Waals surface area (Å²) in [7, 11) is 3.80. The van der Waals surface area contributed by atoms with Crippen molar-refractivity contribution in [3.8, 4) is 5.75 Å². The Morgan fingerprint density at radius 2 is 1.75 bits per heavy atom. The van der Waals surface area contributed by atoms with E-state index in [1.54, 1.807) is 7.11 Å². The predicted octanol–water partition coefficient (Wildman–Crippen LogP) is 1.59. The molecule has 4 nitrogen and oxygen atoms in total. The molecule has 20 heavy (non-hydrogen) atoms. The lowest BCUT2D eigenvalue weighted by Gasteiger charge is -2.33. The SMILES string of the molecule is COc1cc(C)c(C)cc1C(O)CN1CCN(C)CC1. The molecule has 1 aromatic carbocycles. The first-order chi connectivity index (χ1) is 9.51. The third-order valence-corrected chi connectivity index (χ3v) is 4.23. The second-order valence-electron chi connectivity index (χ2n) is 5.80. The third kappa shape index (κ3) is 3.51. The van der Waals surface area contributed by atoms with E-state index in [0.717, 1.165) is 37.5 Å². The lowest BCUT2D eigenvalue weighted by molar-refractivity contribution is 0.0791. The van der Waals surface area contributed by atoms with E-state index in [1.165, 1.54) is 11.1 Å². The number of piperazine rings is 1. The molecule has 1 fully saturated rings. The number of rotatable bonds is 4. The minimum atomic E-state index is -0.493. The number of aryl methyl sites for hydroxylation is 2. The van der Waals surface area contributed by atoms with Gasteiger partial charge >= 0.3 is 0 Å². The first kappa shape index (κ1) is 15.3. The number of aliphatic hydroxyl groups is 1. The van der Waals surface area contributed by atoms with Crippen LogP contribution in [0.5, 0.6) is 5.75 Å². The standard InChI is InChI=1S/C16H26N2O2/c1-12-9-14(16(20-4)10-13(12)2)15(19)11-18-7-5-17(3)6-8-18/h9-10,15,19H,5-8,11H2,1-4H3. The van der Waals surface area contributed by atoms with E-state index in [9.17, 15) is 5.11 Å². The summed E-state index contributed by atoms with van der Waals surface area (Å²) in [4.78, 5) is 4.64. The molecule has 4 heteroatoms. The highest BCUT2D eigenvalue weighted by molar-refractivity contribution is 5.43. The molecule has 1 heterocycles. The lowest BCUT2D eigenvalue weighted by Crippen LogP contribution is -2.45. The van der Waals surface area contributed by atoms with Crippen molar-refractivity contribution >= 4 is 0 Å². The Kier molecular flexibility index (Phi) is 5.02. The summed E-state index contributed by atoms with van der Waals surface area (Å²) in [6.07, 6.45) is -0.493. The maximum atomic E-state index is 10.5. The van der Waals surface area contributed by atoms with E-state index in [4.69, 9.17) is 4.74 Å². The molecular formula is C16H26N2O2. The van der Waals surface area contributed by atoms with Gasteiger partial charge in [-0.2, -0.15) is 0 Å². The van der Waals surface area contributed by atoms with Crippen molar-refractivity contribution in [3.63, 3.8) is 0 Å². The zero-order valence-corrected chi connectivity index (χ0v) is 13.0. The van der Waals surface area contributed by atoms with Gasteiger partial charge in [0.1, 0.15) is 5.75 Å². The fraction of sp³-hybridized carbons (Fsp3) is 0.625. The molecule has 0 bridgehead atoms. The molecule has 112 valence electrons. The average molecular weight is 278 g/mol. The third-order valence-electron chi connectivity index (χ3n) is 4.23. The molecule has 1 aliphatic rings. The Morgan fingerprint density at radius 1 is 1.15 bits per heavy atom. The Morgan fingerprint density at radius 3 is 2.35 bits per heavy atom. The molecule has 1 aliphatic heterocycles. The molecule has 0 spiro atoms. The molecule has 0 aliphatic carbocycles. The summed E-state index contributed by atoms with van der Waals surface area (Å²) in [5.74, 6) is 0.787. The van der Waals surface area contributed by atoms with E-state index in [-0.39, 0.29) is 0 Å². The van der Waals surface area contributed by atoms with Gasteiger partial charge in [-0.1, -0.05) is 0 Å². The maximum absolute atomic E-state index is 10.5. The summed E-state index contributed by atoms with van der Waals surface area (Å²) in [6.45, 7) is 8.97. The number of hydrogen-bond acceptors (Lipinski definition) is 4. The van der Waals surface area contributed by atoms with Gasteiger partial charge in [0.05, 0.1) is 13.2 Å². The van der Waals surface area contributed by atoms with Gasteiger partial charge in [0.2, 0.25) is 0 Å². The van der Waals surface area contributed by atoms with Crippen molar-refractivity contribution < 1.29 is 9.84 Å². The molecule has 0 aromatic heterocycles. The van der Waals surface area contributed by atoms with Crippen LogP contribution in [-0.4, -0.2) is 61.8 Å². The van der Waals surface area contributed by atoms with Crippen molar-refractivity contribution in [1.29, 1.82) is 0 Å². The van der Waals surface area contributed by atoms with E-state index < -0.39 is 6.10 Å². The monoisotopic (exact) mass is 278 g/mol. The van der Waals surface area contributed by atoms with Gasteiger partial charge < -0.3 is 14.7 Å². The highest BCUT2D eigenvalue weighted by atomic mass is 16.5. The Labute approximate surface area is 122 Å². The van der Waals surface area contributed by atoms with Crippen LogP contribution in [0.3, 0.4) is 0 Å². The van der Waals surface area contributed by atoms with Crippen LogP contribution in [0.1, 0.15) is 22.8 Å². The zero-order valence-electron chi connectivity index (χ0n) is 13.0. The summed E-state index contributed by atoms with van der Waals surface area (Å²) >= 11 is 0. The number of nitrogens with zero attached hydrogens (tertiary/aromatic N) is 2. The number of benzene rings is 1. The number of likely N-dealkylation sites (N-methyl/N-ethyl adjacent to an activating group) is 1. The number of methoxy groups -OCH3 is 1. The average Bonchev–Trinajstić information content (AvgIpc) is 2.43. The highest BCUT2D eigenvalue weighted by Gasteiger charge is 2.20. The van der Waals surface area contributed by atoms with Crippen LogP contribution in [0, 0.1) is 13.8 Å². The van der Waals surface area contributed by atoms with Gasteiger partial charge in [-0.25, -0.2) is 0 Å². The largest absolute Gasteiger partial charge is 0.496 e. The van der Waals surface area contributed by atoms with E-state index in [2.05, 4.69) is 36.8 Å². The molecule has 1 saturated heterocycles. The van der Waals surface area contributed by atoms with Crippen LogP contribution in [-0.2, 0) is 0 Å². The van der Waals surface area contributed by atoms with E-state index in [0.29, 0.717) is 6.54 Å². The van der Waals surface area contributed by atoms with Crippen LogP contribution >= 0.6 is 0 Å². The van der Waals surface area contributed by atoms with Crippen LogP contribution in [0.2, 0.25) is 0 Å². The van der Waals surface area contributed by atoms with Crippen LogP contribution < -0.4 is 4.74 Å². The second kappa shape index (κ2) is 6.57. The highest BCUT2D eigenvalue weighted by Crippen LogP contribution is 2.29. The van der Waals surface area contributed by atoms with Gasteiger partial charge in [-0.05, 0) is 44.2 Å². The Balaban J connectivity index is 2.08. The Bertz CT molecular complexity index is 454. The van der Waals surface area contributed by atoms with Gasteiger partial charge in [-0.3, -0.25) is 4.90 Å². The first-order valence-electron chi connectivity index (χ1n) is 7.25. The molecule has 1 N–H and O–H groups in total. The fourth-order valence-electron chi connectivity index (χ4n) is 2.62. The van der Waals surface area contributed by atoms with Crippen molar-refractivity contribution in [3.05, 3.63) is 28.8 Å². The predicted molar refractivity (Wildman–Crippen MR) is 81.4 cm³/mol. The quantitative estimate of drug-likeness (QED) is 0.907. The van der Waals surface area contributed by atoms with Crippen molar-refractivity contribution in [1.82, 2.24) is 9.80 Å². The second-order valence-corrected chi connectivity index (χ2v) is 5.80. The molecule has 1 unspecified atom stereocenters. The summed E-state index contributed by atoms with van der Waals surface area (Å²) < 4.78 is 5.42. The molecule has 0 saturated carbocycles. The van der Waals surface area contributed by atoms with Crippen LogP contribution in [0.4, 0.5) is 0 Å². The van der Waals surface area contributed by atoms with Gasteiger partial charge in [0.25, 0.3) is 0 Å². The Hall–Kier alpha value is -1.10. The van der Waals surface area contributed by atoms with Gasteiger partial charge in [0, 0.05) is 38.3 Å². The minimum absolute atomic E-state index is 0.493. The van der Waals surface area contributed by atoms with E-state index >= 15 is 0 Å². The van der Waals surface area contributed by atoms with Gasteiger partial charge in [0.15, 0.2) is 0 Å². The maximum Gasteiger partial charge on any atom is 0.124 e. The summed E-state index contributed by atoms with van der Waals surface area (Å²) in [6, 6.07) is 4.06. The van der Waals surface area contributed by atoms with Crippen molar-refractivity contribution in [2.75, 3.05) is 46.9 Å². The molecule has 1 aromatic rings. The van der Waals surface area contributed by atoms with Crippen molar-refractivity contribution in [2.24, 2.45) is 0 Å². The molecule has 2 rings (SSSR count). The van der Waals surface area contributed by atoms with E-state index in [1.807, 2.05) is 6.07 Å². The smallest absolute Gasteiger partial charge is 0.124 e. The van der Waals surface area contributed by atoms with Gasteiger partial charge in [-0.15, -0.1) is 0 Å². The number of aliphatic hydroxyl groups excluding tert-OH is 1. The van der Waals surface area contributed by atoms with Crippen molar-refractivity contribution in [2.45, 2.75) is 20.0 Å². The number of ether oxygens (including phenoxy) is 1. The molecule has 1 atom stereocenters. The first-order valence-corrected chi connectivity index (χ1v) is 7.25. The molecule has 0 amide bonds. The minimum Gasteiger partial charge on any atom is -0.496 e. The lowest BCUT2D eigenvalue weighted by atomic mass is 10.0.